The third-order valence-corrected chi connectivity index (χ3v) is 5.37. The molecule has 22 heavy (non-hydrogen) atoms. The summed E-state index contributed by atoms with van der Waals surface area (Å²) in [7, 11) is 0. The topological polar surface area (TPSA) is 49.3 Å². The molecule has 2 aromatic rings. The van der Waals surface area contributed by atoms with Crippen molar-refractivity contribution in [1.82, 2.24) is 5.32 Å². The van der Waals surface area contributed by atoms with Gasteiger partial charge in [-0.3, -0.25) is 4.79 Å². The number of fused-ring (bicyclic) bond motifs is 1. The molecule has 1 aliphatic heterocycles. The summed E-state index contributed by atoms with van der Waals surface area (Å²) in [6.45, 7) is 1.97. The van der Waals surface area contributed by atoms with Gasteiger partial charge in [-0.1, -0.05) is 42.5 Å². The molecule has 2 N–H and O–H groups in total. The minimum absolute atomic E-state index is 0.128. The SMILES string of the molecule is CC(NC(=O)C1(O)CCSCC1)c1cccc2ccccc12. The Morgan fingerprint density at radius 3 is 2.64 bits per heavy atom. The first-order valence-corrected chi connectivity index (χ1v) is 8.84. The quantitative estimate of drug-likeness (QED) is 0.914. The molecule has 1 unspecified atom stereocenters. The minimum Gasteiger partial charge on any atom is -0.380 e. The van der Waals surface area contributed by atoms with Crippen molar-refractivity contribution < 1.29 is 9.90 Å². The molecule has 1 atom stereocenters. The molecule has 0 bridgehead atoms. The highest BCUT2D eigenvalue weighted by Gasteiger charge is 2.37. The highest BCUT2D eigenvalue weighted by atomic mass is 32.2. The fourth-order valence-electron chi connectivity index (χ4n) is 2.97. The second-order valence-corrected chi connectivity index (χ2v) is 7.13. The maximum absolute atomic E-state index is 12.5. The van der Waals surface area contributed by atoms with Crippen molar-refractivity contribution in [3.8, 4) is 0 Å². The van der Waals surface area contributed by atoms with Crippen LogP contribution in [0.3, 0.4) is 0 Å². The first-order chi connectivity index (χ1) is 10.6. The predicted molar refractivity (Wildman–Crippen MR) is 92.0 cm³/mol. The van der Waals surface area contributed by atoms with Crippen LogP contribution in [0.25, 0.3) is 10.8 Å². The molecular weight excluding hydrogens is 294 g/mol. The van der Waals surface area contributed by atoms with Crippen LogP contribution in [0.1, 0.15) is 31.4 Å². The van der Waals surface area contributed by atoms with Crippen LogP contribution in [-0.2, 0) is 4.79 Å². The Morgan fingerprint density at radius 1 is 1.18 bits per heavy atom. The Labute approximate surface area is 135 Å². The van der Waals surface area contributed by atoms with E-state index in [9.17, 15) is 9.90 Å². The number of hydrogen-bond acceptors (Lipinski definition) is 3. The molecule has 2 aromatic carbocycles. The lowest BCUT2D eigenvalue weighted by Gasteiger charge is -2.31. The number of benzene rings is 2. The van der Waals surface area contributed by atoms with Gasteiger partial charge in [0.15, 0.2) is 0 Å². The Morgan fingerprint density at radius 2 is 1.86 bits per heavy atom. The van der Waals surface area contributed by atoms with Gasteiger partial charge in [-0.25, -0.2) is 0 Å². The number of aliphatic hydroxyl groups is 1. The Kier molecular flexibility index (Phi) is 4.41. The minimum atomic E-state index is -1.20. The van der Waals surface area contributed by atoms with Gasteiger partial charge in [0.25, 0.3) is 5.91 Å². The van der Waals surface area contributed by atoms with Crippen LogP contribution < -0.4 is 5.32 Å². The van der Waals surface area contributed by atoms with E-state index in [1.807, 2.05) is 31.2 Å². The van der Waals surface area contributed by atoms with Gasteiger partial charge in [0.1, 0.15) is 5.60 Å². The van der Waals surface area contributed by atoms with E-state index in [2.05, 4.69) is 23.5 Å². The summed E-state index contributed by atoms with van der Waals surface area (Å²) in [5, 5.41) is 15.8. The highest BCUT2D eigenvalue weighted by molar-refractivity contribution is 7.99. The number of thioether (sulfide) groups is 1. The lowest BCUT2D eigenvalue weighted by Crippen LogP contribution is -2.49. The second-order valence-electron chi connectivity index (χ2n) is 5.91. The van der Waals surface area contributed by atoms with E-state index < -0.39 is 5.60 Å². The zero-order chi connectivity index (χ0) is 15.6. The molecule has 1 aliphatic rings. The van der Waals surface area contributed by atoms with Crippen molar-refractivity contribution in [1.29, 1.82) is 0 Å². The lowest BCUT2D eigenvalue weighted by molar-refractivity contribution is -0.141. The monoisotopic (exact) mass is 315 g/mol. The maximum atomic E-state index is 12.5. The molecule has 4 heteroatoms. The van der Waals surface area contributed by atoms with Crippen LogP contribution in [0, 0.1) is 0 Å². The third-order valence-electron chi connectivity index (χ3n) is 4.38. The number of carbonyl (C=O) groups excluding carboxylic acids is 1. The van der Waals surface area contributed by atoms with Crippen LogP contribution in [0.2, 0.25) is 0 Å². The Bertz CT molecular complexity index is 674. The number of nitrogens with one attached hydrogen (secondary N) is 1. The number of carbonyl (C=O) groups is 1. The van der Waals surface area contributed by atoms with Crippen molar-refractivity contribution in [2.24, 2.45) is 0 Å². The van der Waals surface area contributed by atoms with Crippen LogP contribution in [0.15, 0.2) is 42.5 Å². The molecule has 1 fully saturated rings. The first kappa shape index (κ1) is 15.4. The average Bonchev–Trinajstić information content (AvgIpc) is 2.55. The zero-order valence-electron chi connectivity index (χ0n) is 12.7. The summed E-state index contributed by atoms with van der Waals surface area (Å²) in [6.07, 6.45) is 1.07. The van der Waals surface area contributed by atoms with Crippen molar-refractivity contribution in [2.75, 3.05) is 11.5 Å². The highest BCUT2D eigenvalue weighted by Crippen LogP contribution is 2.29. The molecule has 0 spiro atoms. The molecule has 0 saturated carbocycles. The number of amides is 1. The van der Waals surface area contributed by atoms with E-state index >= 15 is 0 Å². The molecule has 0 radical (unpaired) electrons. The van der Waals surface area contributed by atoms with E-state index in [1.54, 1.807) is 11.8 Å². The second kappa shape index (κ2) is 6.31. The van der Waals surface area contributed by atoms with E-state index in [-0.39, 0.29) is 11.9 Å². The van der Waals surface area contributed by atoms with E-state index in [0.29, 0.717) is 12.8 Å². The summed E-state index contributed by atoms with van der Waals surface area (Å²) in [6, 6.07) is 14.1. The molecule has 116 valence electrons. The number of rotatable bonds is 3. The van der Waals surface area contributed by atoms with Crippen LogP contribution in [-0.4, -0.2) is 28.1 Å². The molecule has 3 rings (SSSR count). The van der Waals surface area contributed by atoms with Gasteiger partial charge in [0.05, 0.1) is 6.04 Å². The van der Waals surface area contributed by atoms with Crippen molar-refractivity contribution >= 4 is 28.4 Å². The number of hydrogen-bond donors (Lipinski definition) is 2. The van der Waals surface area contributed by atoms with Crippen LogP contribution in [0.4, 0.5) is 0 Å². The van der Waals surface area contributed by atoms with E-state index in [4.69, 9.17) is 0 Å². The van der Waals surface area contributed by atoms with Crippen molar-refractivity contribution in [2.45, 2.75) is 31.4 Å². The van der Waals surface area contributed by atoms with Crippen LogP contribution >= 0.6 is 11.8 Å². The standard InChI is InChI=1S/C18H21NO2S/c1-13(19-17(20)18(21)9-11-22-12-10-18)15-8-4-6-14-5-2-3-7-16(14)15/h2-8,13,21H,9-12H2,1H3,(H,19,20). The zero-order valence-corrected chi connectivity index (χ0v) is 13.5. The van der Waals surface area contributed by atoms with Gasteiger partial charge in [0, 0.05) is 0 Å². The maximum Gasteiger partial charge on any atom is 0.252 e. The van der Waals surface area contributed by atoms with Crippen molar-refractivity contribution in [3.05, 3.63) is 48.0 Å². The smallest absolute Gasteiger partial charge is 0.252 e. The molecule has 1 amide bonds. The molecule has 0 aliphatic carbocycles. The summed E-state index contributed by atoms with van der Waals surface area (Å²) in [4.78, 5) is 12.5. The largest absolute Gasteiger partial charge is 0.380 e. The molecular formula is C18H21NO2S. The first-order valence-electron chi connectivity index (χ1n) is 7.69. The molecule has 1 saturated heterocycles. The van der Waals surface area contributed by atoms with Gasteiger partial charge in [0.2, 0.25) is 0 Å². The fourth-order valence-corrected chi connectivity index (χ4v) is 4.14. The summed E-state index contributed by atoms with van der Waals surface area (Å²) in [5.41, 5.74) is -0.121. The molecule has 1 heterocycles. The Balaban J connectivity index is 1.81. The van der Waals surface area contributed by atoms with E-state index in [0.717, 1.165) is 27.8 Å². The normalized spacial score (nSPS) is 18.8. The average molecular weight is 315 g/mol. The van der Waals surface area contributed by atoms with Gasteiger partial charge in [-0.2, -0.15) is 11.8 Å². The van der Waals surface area contributed by atoms with Gasteiger partial charge in [-0.05, 0) is 47.6 Å². The Hall–Kier alpha value is -1.52. The molecule has 0 aromatic heterocycles. The third kappa shape index (κ3) is 2.99. The predicted octanol–water partition coefficient (Wildman–Crippen LogP) is 3.28. The summed E-state index contributed by atoms with van der Waals surface area (Å²) >= 11 is 1.79. The lowest BCUT2D eigenvalue weighted by atomic mass is 9.94. The van der Waals surface area contributed by atoms with Gasteiger partial charge in [-0.15, -0.1) is 0 Å². The van der Waals surface area contributed by atoms with E-state index in [1.165, 1.54) is 0 Å². The summed E-state index contributed by atoms with van der Waals surface area (Å²) in [5.74, 6) is 1.44. The fraction of sp³-hybridized carbons (Fsp3) is 0.389. The van der Waals surface area contributed by atoms with Gasteiger partial charge >= 0.3 is 0 Å². The van der Waals surface area contributed by atoms with Crippen molar-refractivity contribution in [3.63, 3.8) is 0 Å². The molecule has 3 nitrogen and oxygen atoms in total. The van der Waals surface area contributed by atoms with Gasteiger partial charge < -0.3 is 10.4 Å². The van der Waals surface area contributed by atoms with Crippen LogP contribution in [0.5, 0.6) is 0 Å². The summed E-state index contributed by atoms with van der Waals surface area (Å²) < 4.78 is 0.